The maximum Gasteiger partial charge on any atom is 0.251 e. The Balaban J connectivity index is 1.47. The first kappa shape index (κ1) is 35.3. The van der Waals surface area contributed by atoms with Crippen LogP contribution in [0.3, 0.4) is 0 Å². The summed E-state index contributed by atoms with van der Waals surface area (Å²) in [6.07, 6.45) is 3.81. The van der Waals surface area contributed by atoms with E-state index in [1.165, 1.54) is 0 Å². The molecule has 2 bridgehead atoms. The minimum atomic E-state index is -0.982. The maximum absolute atomic E-state index is 15.1. The summed E-state index contributed by atoms with van der Waals surface area (Å²) in [5.41, 5.74) is 1.97. The Hall–Kier alpha value is -3.57. The zero-order valence-corrected chi connectivity index (χ0v) is 30.3. The predicted octanol–water partition coefficient (Wildman–Crippen LogP) is 6.68. The van der Waals surface area contributed by atoms with Crippen molar-refractivity contribution in [3.63, 3.8) is 0 Å². The van der Waals surface area contributed by atoms with E-state index in [9.17, 15) is 9.90 Å². The van der Waals surface area contributed by atoms with Gasteiger partial charge in [0, 0.05) is 39.6 Å². The van der Waals surface area contributed by atoms with Crippen molar-refractivity contribution in [1.82, 2.24) is 4.90 Å². The molecule has 3 aliphatic rings. The van der Waals surface area contributed by atoms with Gasteiger partial charge in [-0.3, -0.25) is 14.4 Å². The van der Waals surface area contributed by atoms with Gasteiger partial charge in [-0.05, 0) is 67.4 Å². The fourth-order valence-corrected chi connectivity index (χ4v) is 11.4. The van der Waals surface area contributed by atoms with Gasteiger partial charge in [-0.25, -0.2) is 0 Å². The Morgan fingerprint density at radius 3 is 2.18 bits per heavy atom. The van der Waals surface area contributed by atoms with E-state index >= 15 is 9.59 Å². The van der Waals surface area contributed by atoms with Crippen molar-refractivity contribution in [2.75, 3.05) is 36.1 Å². The van der Waals surface area contributed by atoms with Crippen LogP contribution in [0.25, 0.3) is 0 Å². The molecular weight excluding hydrogens is 726 g/mol. The number of aliphatic hydroxyl groups excluding tert-OH is 1. The summed E-state index contributed by atoms with van der Waals surface area (Å²) < 4.78 is 4.68. The number of hydrogen-bond acceptors (Lipinski definition) is 6. The van der Waals surface area contributed by atoms with E-state index in [1.54, 1.807) is 62.9 Å². The summed E-state index contributed by atoms with van der Waals surface area (Å²) >= 11 is 11.6. The molecule has 8 nitrogen and oxygen atoms in total. The van der Waals surface area contributed by atoms with E-state index in [0.29, 0.717) is 40.7 Å². The van der Waals surface area contributed by atoms with Crippen molar-refractivity contribution >= 4 is 68.4 Å². The smallest absolute Gasteiger partial charge is 0.251 e. The number of rotatable bonds is 13. The van der Waals surface area contributed by atoms with Crippen LogP contribution in [0.15, 0.2) is 104 Å². The van der Waals surface area contributed by atoms with Crippen LogP contribution in [-0.2, 0) is 14.4 Å². The highest BCUT2D eigenvalue weighted by molar-refractivity contribution is 9.09. The lowest BCUT2D eigenvalue weighted by Gasteiger charge is -2.40. The number of benzene rings is 3. The van der Waals surface area contributed by atoms with Crippen LogP contribution < -0.4 is 14.5 Å². The summed E-state index contributed by atoms with van der Waals surface area (Å²) in [7, 11) is 0. The molecule has 49 heavy (non-hydrogen) atoms. The van der Waals surface area contributed by atoms with Crippen molar-refractivity contribution in [2.24, 2.45) is 11.8 Å². The number of ether oxygens (including phenoxy) is 1. The third-order valence-electron chi connectivity index (χ3n) is 9.69. The average molecular weight is 765 g/mol. The lowest BCUT2D eigenvalue weighted by atomic mass is 9.70. The fraction of sp³-hybridized carbons (Fsp3) is 0.342. The first-order valence-corrected chi connectivity index (χ1v) is 18.5. The highest BCUT2D eigenvalue weighted by Crippen LogP contribution is 2.69. The predicted molar refractivity (Wildman–Crippen MR) is 199 cm³/mol. The minimum absolute atomic E-state index is 0.135. The highest BCUT2D eigenvalue weighted by Gasteiger charge is 2.76. The quantitative estimate of drug-likeness (QED) is 0.155. The molecule has 11 heteroatoms. The number of carbonyl (C=O) groups is 3. The van der Waals surface area contributed by atoms with Crippen molar-refractivity contribution < 1.29 is 24.2 Å². The number of amides is 3. The number of fused-ring (bicyclic) bond motifs is 1. The first-order chi connectivity index (χ1) is 23.7. The van der Waals surface area contributed by atoms with Gasteiger partial charge in [0.15, 0.2) is 0 Å². The average Bonchev–Trinajstić information content (AvgIpc) is 3.71. The van der Waals surface area contributed by atoms with Gasteiger partial charge in [0.25, 0.3) is 5.91 Å². The van der Waals surface area contributed by atoms with Crippen LogP contribution in [0.4, 0.5) is 11.4 Å². The summed E-state index contributed by atoms with van der Waals surface area (Å²) in [6.45, 7) is 10.3. The molecule has 1 spiro atoms. The molecule has 7 atom stereocenters. The number of nitrogens with zero attached hydrogens (tertiary/aromatic N) is 3. The first-order valence-electron chi connectivity index (χ1n) is 16.3. The molecule has 0 radical (unpaired) electrons. The third-order valence-corrected chi connectivity index (χ3v) is 13.2. The molecule has 1 N–H and O–H groups in total. The van der Waals surface area contributed by atoms with E-state index in [0.717, 1.165) is 0 Å². The molecule has 3 fully saturated rings. The second-order valence-corrected chi connectivity index (χ2v) is 15.5. The molecule has 3 heterocycles. The number of anilines is 2. The minimum Gasteiger partial charge on any atom is -0.494 e. The zero-order chi connectivity index (χ0) is 34.9. The van der Waals surface area contributed by atoms with Crippen molar-refractivity contribution in [1.29, 1.82) is 0 Å². The SMILES string of the molecule is C=CCN(C(=O)C1N([C@H](CO)c2ccccc2)C(=O)[C@@H]2[C@@H](C(=O)N(CC=C)c3ccc(OCC)cc3)[C@@H]3SC12CC3Br)c1ccc(Cl)cc1. The normalized spacial score (nSPS) is 25.8. The Morgan fingerprint density at radius 2 is 1.61 bits per heavy atom. The molecule has 0 aromatic heterocycles. The van der Waals surface area contributed by atoms with Gasteiger partial charge in [-0.2, -0.15) is 0 Å². The van der Waals surface area contributed by atoms with Gasteiger partial charge < -0.3 is 24.5 Å². The summed E-state index contributed by atoms with van der Waals surface area (Å²) in [6, 6.07) is 21.7. The fourth-order valence-electron chi connectivity index (χ4n) is 7.74. The molecule has 3 saturated heterocycles. The maximum atomic E-state index is 15.1. The number of thioether (sulfide) groups is 1. The largest absolute Gasteiger partial charge is 0.494 e. The molecule has 3 aliphatic heterocycles. The van der Waals surface area contributed by atoms with E-state index in [4.69, 9.17) is 16.3 Å². The number of aliphatic hydroxyl groups is 1. The van der Waals surface area contributed by atoms with Crippen LogP contribution >= 0.6 is 39.3 Å². The Labute approximate surface area is 304 Å². The van der Waals surface area contributed by atoms with Crippen LogP contribution in [0.2, 0.25) is 5.02 Å². The van der Waals surface area contributed by atoms with Crippen molar-refractivity contribution in [3.8, 4) is 5.75 Å². The van der Waals surface area contributed by atoms with Crippen LogP contribution in [0.1, 0.15) is 24.9 Å². The van der Waals surface area contributed by atoms with Gasteiger partial charge in [0.05, 0.1) is 35.8 Å². The molecule has 3 amide bonds. The van der Waals surface area contributed by atoms with Gasteiger partial charge in [-0.1, -0.05) is 70.0 Å². The molecule has 6 rings (SSSR count). The van der Waals surface area contributed by atoms with Crippen molar-refractivity contribution in [2.45, 2.75) is 40.3 Å². The lowest BCUT2D eigenvalue weighted by Crippen LogP contribution is -2.56. The van der Waals surface area contributed by atoms with Crippen molar-refractivity contribution in [3.05, 3.63) is 115 Å². The summed E-state index contributed by atoms with van der Waals surface area (Å²) in [5.74, 6) is -1.67. The van der Waals surface area contributed by atoms with E-state index in [1.807, 2.05) is 61.5 Å². The van der Waals surface area contributed by atoms with E-state index in [-0.39, 0.29) is 40.9 Å². The zero-order valence-electron chi connectivity index (χ0n) is 27.2. The summed E-state index contributed by atoms with van der Waals surface area (Å²) in [5, 5.41) is 11.2. The lowest BCUT2D eigenvalue weighted by molar-refractivity contribution is -0.142. The molecule has 3 unspecified atom stereocenters. The number of carbonyl (C=O) groups excluding carboxylic acids is 3. The Kier molecular flexibility index (Phi) is 10.6. The summed E-state index contributed by atoms with van der Waals surface area (Å²) in [4.78, 5) is 49.7. The number of likely N-dealkylation sites (tertiary alicyclic amines) is 1. The third kappa shape index (κ3) is 6.22. The molecule has 3 aromatic rings. The van der Waals surface area contributed by atoms with E-state index in [2.05, 4.69) is 29.1 Å². The van der Waals surface area contributed by atoms with Crippen LogP contribution in [0, 0.1) is 11.8 Å². The Bertz CT molecular complexity index is 1710. The van der Waals surface area contributed by atoms with Gasteiger partial charge in [-0.15, -0.1) is 24.9 Å². The molecule has 256 valence electrons. The second kappa shape index (κ2) is 14.7. The number of alkyl halides is 1. The highest BCUT2D eigenvalue weighted by atomic mass is 79.9. The van der Waals surface area contributed by atoms with Crippen LogP contribution in [-0.4, -0.2) is 74.9 Å². The van der Waals surface area contributed by atoms with E-state index < -0.39 is 35.3 Å². The number of hydrogen-bond donors (Lipinski definition) is 1. The topological polar surface area (TPSA) is 90.4 Å². The second-order valence-electron chi connectivity index (χ2n) is 12.4. The van der Waals surface area contributed by atoms with Gasteiger partial charge >= 0.3 is 0 Å². The van der Waals surface area contributed by atoms with Gasteiger partial charge in [0.2, 0.25) is 11.8 Å². The molecular formula is C38H39BrClN3O5S. The monoisotopic (exact) mass is 763 g/mol. The van der Waals surface area contributed by atoms with Gasteiger partial charge in [0.1, 0.15) is 11.8 Å². The molecule has 3 aromatic carbocycles. The standard InChI is InChI=1S/C38H39BrClN3O5S/c1-4-20-41(27-16-18-28(19-17-27)48-6-3)35(45)31-32-36(46)43(30(23-44)24-10-8-7-9-11-24)34(38(32)22-29(39)33(31)49-38)37(47)42(21-5-2)26-14-12-25(40)13-15-26/h4-5,7-19,29-34,44H,1-2,6,20-23H2,3H3/t29?,30-,31-,32+,33-,34?,38?/m1/s1. The number of halogens is 2. The molecule has 0 saturated carbocycles. The van der Waals surface area contributed by atoms with Crippen LogP contribution in [0.5, 0.6) is 5.75 Å². The molecule has 0 aliphatic carbocycles. The Morgan fingerprint density at radius 1 is 1.02 bits per heavy atom.